The van der Waals surface area contributed by atoms with Gasteiger partial charge in [0.2, 0.25) is 0 Å². The molecular formula is C19H19BrClFN2O. The van der Waals surface area contributed by atoms with Crippen LogP contribution in [0.25, 0.3) is 16.6 Å². The second-order valence-electron chi connectivity index (χ2n) is 5.24. The Kier molecular flexibility index (Phi) is 6.36. The van der Waals surface area contributed by atoms with Crippen molar-refractivity contribution in [1.29, 1.82) is 0 Å². The van der Waals surface area contributed by atoms with Crippen LogP contribution in [0.2, 0.25) is 5.02 Å². The fraction of sp³-hybridized carbons (Fsp3) is 0.263. The van der Waals surface area contributed by atoms with Crippen molar-refractivity contribution in [2.24, 2.45) is 0 Å². The molecule has 0 bridgehead atoms. The monoisotopic (exact) mass is 424 g/mol. The van der Waals surface area contributed by atoms with Crippen LogP contribution in [0.3, 0.4) is 0 Å². The van der Waals surface area contributed by atoms with Crippen LogP contribution < -0.4 is 5.56 Å². The molecule has 3 aromatic rings. The SMILES string of the molecule is CC.CCc1nc2cc(F)c(C)cc2c(=O)n1-c1ccc(Cl)cc1Br. The molecule has 3 rings (SSSR count). The van der Waals surface area contributed by atoms with Gasteiger partial charge in [-0.1, -0.05) is 32.4 Å². The van der Waals surface area contributed by atoms with E-state index in [1.165, 1.54) is 6.07 Å². The average molecular weight is 426 g/mol. The Labute approximate surface area is 159 Å². The van der Waals surface area contributed by atoms with E-state index in [-0.39, 0.29) is 11.4 Å². The highest BCUT2D eigenvalue weighted by atomic mass is 79.9. The van der Waals surface area contributed by atoms with Crippen LogP contribution in [0, 0.1) is 12.7 Å². The summed E-state index contributed by atoms with van der Waals surface area (Å²) in [5.41, 5.74) is 1.23. The smallest absolute Gasteiger partial charge is 0.266 e. The number of aryl methyl sites for hydroxylation is 2. The van der Waals surface area contributed by atoms with E-state index in [1.54, 1.807) is 35.8 Å². The van der Waals surface area contributed by atoms with Gasteiger partial charge in [0.05, 0.1) is 16.6 Å². The minimum absolute atomic E-state index is 0.224. The third-order valence-electron chi connectivity index (χ3n) is 3.68. The summed E-state index contributed by atoms with van der Waals surface area (Å²) in [6.07, 6.45) is 0.537. The summed E-state index contributed by atoms with van der Waals surface area (Å²) in [5, 5.41) is 0.960. The van der Waals surface area contributed by atoms with Crippen LogP contribution in [0.1, 0.15) is 32.2 Å². The first-order chi connectivity index (χ1) is 11.9. The summed E-state index contributed by atoms with van der Waals surface area (Å²) in [5.74, 6) is 0.200. The zero-order chi connectivity index (χ0) is 18.7. The Bertz CT molecular complexity index is 985. The van der Waals surface area contributed by atoms with Gasteiger partial charge in [0.25, 0.3) is 5.56 Å². The number of fused-ring (bicyclic) bond motifs is 1. The maximum absolute atomic E-state index is 13.8. The molecule has 1 aromatic heterocycles. The number of aromatic nitrogens is 2. The number of hydrogen-bond donors (Lipinski definition) is 0. The number of hydrogen-bond acceptors (Lipinski definition) is 2. The molecule has 132 valence electrons. The molecule has 0 unspecified atom stereocenters. The van der Waals surface area contributed by atoms with Gasteiger partial charge in [-0.25, -0.2) is 9.37 Å². The maximum Gasteiger partial charge on any atom is 0.266 e. The van der Waals surface area contributed by atoms with Crippen molar-refractivity contribution in [3.05, 3.63) is 67.4 Å². The number of nitrogens with zero attached hydrogens (tertiary/aromatic N) is 2. The minimum atomic E-state index is -0.364. The van der Waals surface area contributed by atoms with E-state index in [9.17, 15) is 9.18 Å². The zero-order valence-electron chi connectivity index (χ0n) is 14.5. The van der Waals surface area contributed by atoms with Crippen LogP contribution >= 0.6 is 27.5 Å². The molecule has 0 saturated carbocycles. The summed E-state index contributed by atoms with van der Waals surface area (Å²) in [6.45, 7) is 7.53. The summed E-state index contributed by atoms with van der Waals surface area (Å²) >= 11 is 9.42. The van der Waals surface area contributed by atoms with E-state index < -0.39 is 0 Å². The van der Waals surface area contributed by atoms with Crippen molar-refractivity contribution in [2.75, 3.05) is 0 Å². The summed E-state index contributed by atoms with van der Waals surface area (Å²) in [4.78, 5) is 17.4. The van der Waals surface area contributed by atoms with Gasteiger partial charge < -0.3 is 0 Å². The quantitative estimate of drug-likeness (QED) is 0.517. The van der Waals surface area contributed by atoms with Crippen LogP contribution in [0.5, 0.6) is 0 Å². The molecule has 0 spiro atoms. The van der Waals surface area contributed by atoms with Crippen LogP contribution in [-0.4, -0.2) is 9.55 Å². The van der Waals surface area contributed by atoms with E-state index in [0.29, 0.717) is 43.9 Å². The summed E-state index contributed by atoms with van der Waals surface area (Å²) in [7, 11) is 0. The minimum Gasteiger partial charge on any atom is -0.268 e. The zero-order valence-corrected chi connectivity index (χ0v) is 16.9. The molecule has 0 amide bonds. The van der Waals surface area contributed by atoms with Crippen molar-refractivity contribution in [2.45, 2.75) is 34.1 Å². The molecule has 0 aliphatic carbocycles. The Morgan fingerprint density at radius 3 is 2.52 bits per heavy atom. The lowest BCUT2D eigenvalue weighted by Gasteiger charge is -2.14. The van der Waals surface area contributed by atoms with E-state index in [1.807, 2.05) is 20.8 Å². The Balaban J connectivity index is 0.00000109. The molecule has 0 aliphatic rings. The van der Waals surface area contributed by atoms with Gasteiger partial charge >= 0.3 is 0 Å². The molecular weight excluding hydrogens is 407 g/mol. The molecule has 25 heavy (non-hydrogen) atoms. The van der Waals surface area contributed by atoms with Crippen molar-refractivity contribution in [3.63, 3.8) is 0 Å². The van der Waals surface area contributed by atoms with Gasteiger partial charge in [-0.3, -0.25) is 9.36 Å². The van der Waals surface area contributed by atoms with Gasteiger partial charge in [0.15, 0.2) is 0 Å². The first kappa shape index (κ1) is 19.6. The van der Waals surface area contributed by atoms with E-state index in [2.05, 4.69) is 20.9 Å². The van der Waals surface area contributed by atoms with Crippen molar-refractivity contribution in [3.8, 4) is 5.69 Å². The van der Waals surface area contributed by atoms with Gasteiger partial charge in [-0.15, -0.1) is 0 Å². The fourth-order valence-electron chi connectivity index (χ4n) is 2.51. The maximum atomic E-state index is 13.8. The Hall–Kier alpha value is -1.72. The number of benzene rings is 2. The topological polar surface area (TPSA) is 34.9 Å². The Morgan fingerprint density at radius 2 is 1.92 bits per heavy atom. The third kappa shape index (κ3) is 3.77. The molecule has 0 saturated heterocycles. The molecule has 3 nitrogen and oxygen atoms in total. The fourth-order valence-corrected chi connectivity index (χ4v) is 3.37. The predicted molar refractivity (Wildman–Crippen MR) is 105 cm³/mol. The van der Waals surface area contributed by atoms with Crippen molar-refractivity contribution < 1.29 is 4.39 Å². The lowest BCUT2D eigenvalue weighted by Crippen LogP contribution is -2.24. The second-order valence-corrected chi connectivity index (χ2v) is 6.53. The van der Waals surface area contributed by atoms with Gasteiger partial charge in [-0.2, -0.15) is 0 Å². The highest BCUT2D eigenvalue weighted by molar-refractivity contribution is 9.10. The van der Waals surface area contributed by atoms with Crippen molar-refractivity contribution in [1.82, 2.24) is 9.55 Å². The largest absolute Gasteiger partial charge is 0.268 e. The molecule has 0 aliphatic heterocycles. The molecule has 0 atom stereocenters. The highest BCUT2D eigenvalue weighted by Gasteiger charge is 2.15. The third-order valence-corrected chi connectivity index (χ3v) is 4.56. The standard InChI is InChI=1S/C17H13BrClFN2O.C2H6/c1-3-16-21-14-8-13(20)9(2)6-11(14)17(23)22(16)15-5-4-10(19)7-12(15)18;1-2/h4-8H,3H2,1-2H3;1-2H3. The second kappa shape index (κ2) is 8.11. The van der Waals surface area contributed by atoms with Gasteiger partial charge in [0.1, 0.15) is 11.6 Å². The molecule has 6 heteroatoms. The predicted octanol–water partition coefficient (Wildman–Crippen LogP) is 5.84. The van der Waals surface area contributed by atoms with Gasteiger partial charge in [0, 0.05) is 22.0 Å². The van der Waals surface area contributed by atoms with E-state index in [0.717, 1.165) is 0 Å². The lowest BCUT2D eigenvalue weighted by atomic mass is 10.1. The Morgan fingerprint density at radius 1 is 1.24 bits per heavy atom. The van der Waals surface area contributed by atoms with Crippen LogP contribution in [0.4, 0.5) is 4.39 Å². The first-order valence-electron chi connectivity index (χ1n) is 8.09. The highest BCUT2D eigenvalue weighted by Crippen LogP contribution is 2.26. The molecule has 0 radical (unpaired) electrons. The lowest BCUT2D eigenvalue weighted by molar-refractivity contribution is 0.620. The normalized spacial score (nSPS) is 10.5. The van der Waals surface area contributed by atoms with E-state index in [4.69, 9.17) is 11.6 Å². The number of rotatable bonds is 2. The molecule has 0 N–H and O–H groups in total. The van der Waals surface area contributed by atoms with Crippen LogP contribution in [0.15, 0.2) is 39.6 Å². The van der Waals surface area contributed by atoms with Gasteiger partial charge in [-0.05, 0) is 52.7 Å². The molecule has 2 aromatic carbocycles. The number of halogens is 3. The average Bonchev–Trinajstić information content (AvgIpc) is 2.59. The molecule has 1 heterocycles. The summed E-state index contributed by atoms with van der Waals surface area (Å²) in [6, 6.07) is 8.06. The van der Waals surface area contributed by atoms with Crippen molar-refractivity contribution >= 4 is 38.4 Å². The summed E-state index contributed by atoms with van der Waals surface area (Å²) < 4.78 is 16.0. The van der Waals surface area contributed by atoms with Crippen LogP contribution in [-0.2, 0) is 6.42 Å². The molecule has 0 fully saturated rings. The van der Waals surface area contributed by atoms with E-state index >= 15 is 0 Å². The first-order valence-corrected chi connectivity index (χ1v) is 9.26.